The van der Waals surface area contributed by atoms with Crippen LogP contribution in [-0.4, -0.2) is 22.4 Å². The number of aromatic nitrogens is 2. The molecule has 1 heterocycles. The third-order valence-corrected chi connectivity index (χ3v) is 2.66. The minimum absolute atomic E-state index is 0.316. The van der Waals surface area contributed by atoms with Gasteiger partial charge in [0, 0.05) is 5.56 Å². The van der Waals surface area contributed by atoms with E-state index < -0.39 is 5.97 Å². The summed E-state index contributed by atoms with van der Waals surface area (Å²) >= 11 is 0. The Kier molecular flexibility index (Phi) is 3.62. The van der Waals surface area contributed by atoms with Gasteiger partial charge in [0.25, 0.3) is 0 Å². The van der Waals surface area contributed by atoms with E-state index in [0.29, 0.717) is 17.9 Å². The molecule has 0 bridgehead atoms. The zero-order chi connectivity index (χ0) is 13.8. The molecule has 1 aromatic carbocycles. The third-order valence-electron chi connectivity index (χ3n) is 2.66. The molecule has 0 unspecified atom stereocenters. The Hall–Kier alpha value is -2.61. The number of hydrogen-bond acceptors (Lipinski definition) is 4. The molecule has 96 valence electrons. The zero-order valence-electron chi connectivity index (χ0n) is 10.8. The second-order valence-electron chi connectivity index (χ2n) is 3.97. The first-order valence-electron chi connectivity index (χ1n) is 5.89. The Bertz CT molecular complexity index is 636. The molecule has 19 heavy (non-hydrogen) atoms. The number of nitrogens with zero attached hydrogens (tertiary/aromatic N) is 3. The Labute approximate surface area is 111 Å². The first-order chi connectivity index (χ1) is 9.17. The number of carbonyl (C=O) groups excluding carboxylic acids is 1. The van der Waals surface area contributed by atoms with Gasteiger partial charge < -0.3 is 4.74 Å². The molecule has 5 nitrogen and oxygen atoms in total. The van der Waals surface area contributed by atoms with Crippen molar-refractivity contribution in [2.45, 2.75) is 13.8 Å². The van der Waals surface area contributed by atoms with Crippen molar-refractivity contribution in [3.8, 4) is 11.8 Å². The Balaban J connectivity index is 2.45. The molecular formula is C14H13N3O2. The molecule has 0 spiro atoms. The average Bonchev–Trinajstić information content (AvgIpc) is 2.81. The van der Waals surface area contributed by atoms with Gasteiger partial charge in [0.15, 0.2) is 5.69 Å². The van der Waals surface area contributed by atoms with Crippen molar-refractivity contribution < 1.29 is 9.53 Å². The topological polar surface area (TPSA) is 67.9 Å². The van der Waals surface area contributed by atoms with Crippen LogP contribution in [0.3, 0.4) is 0 Å². The van der Waals surface area contributed by atoms with Gasteiger partial charge in [0.05, 0.1) is 30.1 Å². The van der Waals surface area contributed by atoms with E-state index in [-0.39, 0.29) is 0 Å². The molecule has 2 rings (SSSR count). The summed E-state index contributed by atoms with van der Waals surface area (Å²) in [7, 11) is 0. The van der Waals surface area contributed by atoms with Gasteiger partial charge in [-0.3, -0.25) is 0 Å². The van der Waals surface area contributed by atoms with Crippen molar-refractivity contribution in [1.82, 2.24) is 9.78 Å². The van der Waals surface area contributed by atoms with Crippen LogP contribution in [0.15, 0.2) is 30.5 Å². The summed E-state index contributed by atoms with van der Waals surface area (Å²) in [6.07, 6.45) is 1.62. The van der Waals surface area contributed by atoms with E-state index in [9.17, 15) is 4.79 Å². The summed E-state index contributed by atoms with van der Waals surface area (Å²) in [5, 5.41) is 12.9. The van der Waals surface area contributed by atoms with Gasteiger partial charge in [0.1, 0.15) is 0 Å². The highest BCUT2D eigenvalue weighted by Crippen LogP contribution is 2.16. The van der Waals surface area contributed by atoms with Crippen LogP contribution in [0.4, 0.5) is 0 Å². The molecule has 0 aliphatic rings. The van der Waals surface area contributed by atoms with Gasteiger partial charge in [0.2, 0.25) is 0 Å². The fraction of sp³-hybridized carbons (Fsp3) is 0.214. The number of rotatable bonds is 3. The van der Waals surface area contributed by atoms with Crippen LogP contribution in [0.2, 0.25) is 0 Å². The number of hydrogen-bond donors (Lipinski definition) is 0. The summed E-state index contributed by atoms with van der Waals surface area (Å²) in [4.78, 5) is 11.9. The van der Waals surface area contributed by atoms with E-state index in [1.807, 2.05) is 6.07 Å². The quantitative estimate of drug-likeness (QED) is 0.789. The largest absolute Gasteiger partial charge is 0.461 e. The first kappa shape index (κ1) is 12.8. The fourth-order valence-corrected chi connectivity index (χ4v) is 1.75. The van der Waals surface area contributed by atoms with Gasteiger partial charge in [-0.25, -0.2) is 9.48 Å². The maximum absolute atomic E-state index is 11.9. The molecule has 0 radical (unpaired) electrons. The lowest BCUT2D eigenvalue weighted by Gasteiger charge is -2.07. The van der Waals surface area contributed by atoms with Gasteiger partial charge in [-0.05, 0) is 38.1 Å². The lowest BCUT2D eigenvalue weighted by molar-refractivity contribution is 0.0515. The van der Waals surface area contributed by atoms with E-state index in [1.54, 1.807) is 44.3 Å². The minimum atomic E-state index is -0.401. The SMILES string of the molecule is CCOC(=O)c1c(C)cnn1-c1ccc(C#N)cc1. The molecule has 1 aromatic heterocycles. The van der Waals surface area contributed by atoms with E-state index >= 15 is 0 Å². The van der Waals surface area contributed by atoms with Gasteiger partial charge >= 0.3 is 5.97 Å². The van der Waals surface area contributed by atoms with Crippen LogP contribution in [0.1, 0.15) is 28.5 Å². The summed E-state index contributed by atoms with van der Waals surface area (Å²) in [6, 6.07) is 8.90. The van der Waals surface area contributed by atoms with Crippen LogP contribution in [0.5, 0.6) is 0 Å². The van der Waals surface area contributed by atoms with Crippen LogP contribution < -0.4 is 0 Å². The zero-order valence-corrected chi connectivity index (χ0v) is 10.8. The molecule has 0 aliphatic carbocycles. The fourth-order valence-electron chi connectivity index (χ4n) is 1.75. The molecule has 0 atom stereocenters. The lowest BCUT2D eigenvalue weighted by Crippen LogP contribution is -2.13. The highest BCUT2D eigenvalue weighted by molar-refractivity contribution is 5.89. The average molecular weight is 255 g/mol. The van der Waals surface area contributed by atoms with Crippen molar-refractivity contribution in [2.24, 2.45) is 0 Å². The number of aryl methyl sites for hydroxylation is 1. The smallest absolute Gasteiger partial charge is 0.357 e. The second kappa shape index (κ2) is 5.36. The van der Waals surface area contributed by atoms with Crippen molar-refractivity contribution in [3.05, 3.63) is 47.3 Å². The molecule has 0 saturated heterocycles. The standard InChI is InChI=1S/C14H13N3O2/c1-3-19-14(18)13-10(2)9-16-17(13)12-6-4-11(8-15)5-7-12/h4-7,9H,3H2,1-2H3. The van der Waals surface area contributed by atoms with Crippen LogP contribution in [0.25, 0.3) is 5.69 Å². The molecule has 2 aromatic rings. The first-order valence-corrected chi connectivity index (χ1v) is 5.89. The maximum atomic E-state index is 11.9. The number of esters is 1. The Morgan fingerprint density at radius 1 is 1.42 bits per heavy atom. The number of benzene rings is 1. The van der Waals surface area contributed by atoms with Crippen molar-refractivity contribution >= 4 is 5.97 Å². The highest BCUT2D eigenvalue weighted by atomic mass is 16.5. The van der Waals surface area contributed by atoms with E-state index in [2.05, 4.69) is 5.10 Å². The van der Waals surface area contributed by atoms with E-state index in [1.165, 1.54) is 4.68 Å². The van der Waals surface area contributed by atoms with Crippen molar-refractivity contribution in [2.75, 3.05) is 6.61 Å². The maximum Gasteiger partial charge on any atom is 0.357 e. The molecule has 0 amide bonds. The van der Waals surface area contributed by atoms with Gasteiger partial charge in [-0.2, -0.15) is 10.4 Å². The number of carbonyl (C=O) groups is 1. The molecule has 5 heteroatoms. The van der Waals surface area contributed by atoms with E-state index in [4.69, 9.17) is 10.00 Å². The lowest BCUT2D eigenvalue weighted by atomic mass is 10.2. The number of nitriles is 1. The Morgan fingerprint density at radius 2 is 2.11 bits per heavy atom. The predicted molar refractivity (Wildman–Crippen MR) is 69.0 cm³/mol. The molecule has 0 fully saturated rings. The summed E-state index contributed by atoms with van der Waals surface area (Å²) < 4.78 is 6.54. The highest BCUT2D eigenvalue weighted by Gasteiger charge is 2.18. The summed E-state index contributed by atoms with van der Waals surface area (Å²) in [5.41, 5.74) is 2.44. The van der Waals surface area contributed by atoms with E-state index in [0.717, 1.165) is 11.3 Å². The van der Waals surface area contributed by atoms with Crippen LogP contribution in [0, 0.1) is 18.3 Å². The third kappa shape index (κ3) is 2.47. The van der Waals surface area contributed by atoms with Gasteiger partial charge in [-0.1, -0.05) is 0 Å². The Morgan fingerprint density at radius 3 is 2.68 bits per heavy atom. The monoisotopic (exact) mass is 255 g/mol. The minimum Gasteiger partial charge on any atom is -0.461 e. The normalized spacial score (nSPS) is 9.95. The molecule has 0 saturated carbocycles. The number of ether oxygens (including phenoxy) is 1. The second-order valence-corrected chi connectivity index (χ2v) is 3.97. The molecule has 0 N–H and O–H groups in total. The summed E-state index contributed by atoms with van der Waals surface area (Å²) in [5.74, 6) is -0.401. The van der Waals surface area contributed by atoms with Crippen LogP contribution in [-0.2, 0) is 4.74 Å². The molecular weight excluding hydrogens is 242 g/mol. The van der Waals surface area contributed by atoms with Crippen molar-refractivity contribution in [3.63, 3.8) is 0 Å². The predicted octanol–water partition coefficient (Wildman–Crippen LogP) is 2.23. The summed E-state index contributed by atoms with van der Waals surface area (Å²) in [6.45, 7) is 3.88. The van der Waals surface area contributed by atoms with Crippen molar-refractivity contribution in [1.29, 1.82) is 5.26 Å². The van der Waals surface area contributed by atoms with Crippen LogP contribution >= 0.6 is 0 Å². The van der Waals surface area contributed by atoms with Gasteiger partial charge in [-0.15, -0.1) is 0 Å². The molecule has 0 aliphatic heterocycles.